The van der Waals surface area contributed by atoms with Gasteiger partial charge < -0.3 is 20.2 Å². The Kier molecular flexibility index (Phi) is 9.80. The van der Waals surface area contributed by atoms with Crippen molar-refractivity contribution in [3.05, 3.63) is 95.3 Å². The summed E-state index contributed by atoms with van der Waals surface area (Å²) in [6.45, 7) is 15.4. The lowest BCUT2D eigenvalue weighted by molar-refractivity contribution is 0.313. The van der Waals surface area contributed by atoms with Gasteiger partial charge in [0.2, 0.25) is 0 Å². The van der Waals surface area contributed by atoms with Gasteiger partial charge in [0.05, 0.1) is 0 Å². The molecule has 7 heteroatoms. The van der Waals surface area contributed by atoms with Crippen LogP contribution in [-0.2, 0) is 13.0 Å². The van der Waals surface area contributed by atoms with E-state index in [1.807, 2.05) is 48.2 Å². The number of thioether (sulfide) groups is 1. The molecule has 0 saturated heterocycles. The lowest BCUT2D eigenvalue weighted by Gasteiger charge is -2.24. The summed E-state index contributed by atoms with van der Waals surface area (Å²) in [7, 11) is 0. The third-order valence-corrected chi connectivity index (χ3v) is 7.27. The Bertz CT molecular complexity index is 1350. The van der Waals surface area contributed by atoms with Gasteiger partial charge in [-0.3, -0.25) is 0 Å². The second-order valence-electron chi connectivity index (χ2n) is 10.9. The number of oxime groups is 1. The first-order valence-electron chi connectivity index (χ1n) is 12.6. The molecule has 1 heterocycles. The standard InChI is InChI=1S/C31H38ClN3O2S/c1-7-8-9-10-24(33)20-37-25-15-16-27-26(17-25)29(38-30(2,3)4)28(18-31(5,6)21-34-36)35(27)19-22-11-13-23(32)14-12-22/h7-17,21,36H,1,18-20,33H2,2-6H3/b9-8-,24-10-,34-21+. The van der Waals surface area contributed by atoms with Gasteiger partial charge in [-0.05, 0) is 48.4 Å². The molecule has 0 fully saturated rings. The first kappa shape index (κ1) is 29.5. The van der Waals surface area contributed by atoms with Crippen molar-refractivity contribution in [2.24, 2.45) is 16.3 Å². The van der Waals surface area contributed by atoms with Crippen molar-refractivity contribution >= 4 is 40.5 Å². The van der Waals surface area contributed by atoms with E-state index in [2.05, 4.69) is 75.2 Å². The fourth-order valence-electron chi connectivity index (χ4n) is 4.10. The number of aromatic nitrogens is 1. The van der Waals surface area contributed by atoms with Crippen LogP contribution in [0.5, 0.6) is 5.75 Å². The van der Waals surface area contributed by atoms with Gasteiger partial charge in [-0.2, -0.15) is 0 Å². The topological polar surface area (TPSA) is 72.8 Å². The van der Waals surface area contributed by atoms with Gasteiger partial charge in [0.15, 0.2) is 0 Å². The summed E-state index contributed by atoms with van der Waals surface area (Å²) in [5.74, 6) is 0.753. The fourth-order valence-corrected chi connectivity index (χ4v) is 5.41. The Morgan fingerprint density at radius 1 is 1.13 bits per heavy atom. The Balaban J connectivity index is 2.15. The van der Waals surface area contributed by atoms with Gasteiger partial charge in [-0.25, -0.2) is 0 Å². The first-order valence-corrected chi connectivity index (χ1v) is 13.8. The number of halogens is 1. The minimum Gasteiger partial charge on any atom is -0.487 e. The van der Waals surface area contributed by atoms with Crippen molar-refractivity contribution in [2.45, 2.75) is 57.2 Å². The van der Waals surface area contributed by atoms with Gasteiger partial charge in [-0.15, -0.1) is 16.9 Å². The summed E-state index contributed by atoms with van der Waals surface area (Å²) in [6.07, 6.45) is 9.47. The van der Waals surface area contributed by atoms with Crippen molar-refractivity contribution in [3.8, 4) is 5.75 Å². The lowest BCUT2D eigenvalue weighted by Crippen LogP contribution is -2.20. The summed E-state index contributed by atoms with van der Waals surface area (Å²) in [5.41, 5.74) is 9.83. The van der Waals surface area contributed by atoms with Crippen LogP contribution in [0.25, 0.3) is 10.9 Å². The monoisotopic (exact) mass is 551 g/mol. The minimum absolute atomic E-state index is 0.0230. The quantitative estimate of drug-likeness (QED) is 0.0827. The fraction of sp³-hybridized carbons (Fsp3) is 0.323. The van der Waals surface area contributed by atoms with Gasteiger partial charge in [-0.1, -0.05) is 83.2 Å². The normalized spacial score (nSPS) is 13.2. The van der Waals surface area contributed by atoms with Crippen molar-refractivity contribution < 1.29 is 9.94 Å². The van der Waals surface area contributed by atoms with Crippen LogP contribution in [-0.4, -0.2) is 27.3 Å². The van der Waals surface area contributed by atoms with Crippen LogP contribution < -0.4 is 10.5 Å². The van der Waals surface area contributed by atoms with Crippen molar-refractivity contribution in [3.63, 3.8) is 0 Å². The van der Waals surface area contributed by atoms with Crippen LogP contribution >= 0.6 is 23.4 Å². The molecule has 0 saturated carbocycles. The highest BCUT2D eigenvalue weighted by molar-refractivity contribution is 8.00. The molecular weight excluding hydrogens is 514 g/mol. The van der Waals surface area contributed by atoms with Crippen LogP contribution in [0.3, 0.4) is 0 Å². The van der Waals surface area contributed by atoms with Crippen molar-refractivity contribution in [2.75, 3.05) is 6.61 Å². The smallest absolute Gasteiger partial charge is 0.127 e. The Morgan fingerprint density at radius 3 is 2.47 bits per heavy atom. The molecule has 0 unspecified atom stereocenters. The molecule has 3 rings (SSSR count). The third-order valence-electron chi connectivity index (χ3n) is 5.75. The second kappa shape index (κ2) is 12.6. The van der Waals surface area contributed by atoms with Gasteiger partial charge in [0, 0.05) is 55.1 Å². The molecular formula is C31H38ClN3O2S. The van der Waals surface area contributed by atoms with E-state index < -0.39 is 0 Å². The molecule has 0 amide bonds. The molecule has 38 heavy (non-hydrogen) atoms. The SMILES string of the molecule is C=C/C=C\C=C(/N)COc1ccc2c(c1)c(SC(C)(C)C)c(CC(C)(C)/C=N/O)n2Cc1ccc(Cl)cc1. The summed E-state index contributed by atoms with van der Waals surface area (Å²) < 4.78 is 8.41. The molecule has 0 spiro atoms. The predicted octanol–water partition coefficient (Wildman–Crippen LogP) is 8.23. The zero-order valence-electron chi connectivity index (χ0n) is 22.9. The van der Waals surface area contributed by atoms with Crippen LogP contribution in [0.15, 0.2) is 89.1 Å². The Morgan fingerprint density at radius 2 is 1.84 bits per heavy atom. The number of nitrogens with two attached hydrogens (primary N) is 1. The van der Waals surface area contributed by atoms with E-state index in [0.29, 0.717) is 23.7 Å². The molecule has 3 aromatic rings. The molecule has 0 radical (unpaired) electrons. The largest absolute Gasteiger partial charge is 0.487 e. The van der Waals surface area contributed by atoms with Gasteiger partial charge in [0.25, 0.3) is 0 Å². The van der Waals surface area contributed by atoms with E-state index in [0.717, 1.165) is 22.2 Å². The van der Waals surface area contributed by atoms with E-state index >= 15 is 0 Å². The highest BCUT2D eigenvalue weighted by atomic mass is 35.5. The molecule has 3 N–H and O–H groups in total. The third kappa shape index (κ3) is 8.20. The average molecular weight is 552 g/mol. The number of allylic oxidation sites excluding steroid dienone is 4. The number of fused-ring (bicyclic) bond motifs is 1. The lowest BCUT2D eigenvalue weighted by atomic mass is 9.89. The maximum atomic E-state index is 9.32. The maximum absolute atomic E-state index is 9.32. The molecule has 0 aliphatic heterocycles. The number of hydrogen-bond acceptors (Lipinski definition) is 5. The minimum atomic E-state index is -0.356. The number of rotatable bonds is 11. The summed E-state index contributed by atoms with van der Waals surface area (Å²) >= 11 is 8.00. The second-order valence-corrected chi connectivity index (χ2v) is 13.2. The van der Waals surface area contributed by atoms with Crippen molar-refractivity contribution in [1.82, 2.24) is 4.57 Å². The average Bonchev–Trinajstić information content (AvgIpc) is 3.09. The van der Waals surface area contributed by atoms with Crippen LogP contribution in [0.2, 0.25) is 5.02 Å². The number of nitrogens with zero attached hydrogens (tertiary/aromatic N) is 2. The van der Waals surface area contributed by atoms with Crippen LogP contribution in [0.4, 0.5) is 0 Å². The Labute approximate surface area is 235 Å². The molecule has 2 aromatic carbocycles. The molecule has 1 aromatic heterocycles. The van der Waals surface area contributed by atoms with Crippen molar-refractivity contribution in [1.29, 1.82) is 0 Å². The zero-order valence-corrected chi connectivity index (χ0v) is 24.4. The van der Waals surface area contributed by atoms with Crippen LogP contribution in [0.1, 0.15) is 45.9 Å². The number of benzene rings is 2. The van der Waals surface area contributed by atoms with Crippen LogP contribution in [0, 0.1) is 5.41 Å². The van der Waals surface area contributed by atoms with E-state index in [9.17, 15) is 5.21 Å². The number of ether oxygens (including phenoxy) is 1. The zero-order chi connectivity index (χ0) is 27.9. The summed E-state index contributed by atoms with van der Waals surface area (Å²) in [4.78, 5) is 1.20. The van der Waals surface area contributed by atoms with E-state index in [-0.39, 0.29) is 16.8 Å². The molecule has 202 valence electrons. The highest BCUT2D eigenvalue weighted by Crippen LogP contribution is 2.44. The van der Waals surface area contributed by atoms with E-state index in [4.69, 9.17) is 22.1 Å². The molecule has 0 aliphatic carbocycles. The summed E-state index contributed by atoms with van der Waals surface area (Å²) in [6, 6.07) is 14.2. The number of hydrogen-bond donors (Lipinski definition) is 2. The summed E-state index contributed by atoms with van der Waals surface area (Å²) in [5, 5.41) is 14.5. The molecule has 0 aliphatic rings. The molecule has 0 bridgehead atoms. The van der Waals surface area contributed by atoms with Gasteiger partial charge in [0.1, 0.15) is 12.4 Å². The van der Waals surface area contributed by atoms with E-state index in [1.165, 1.54) is 10.6 Å². The highest BCUT2D eigenvalue weighted by Gasteiger charge is 2.27. The van der Waals surface area contributed by atoms with Gasteiger partial charge >= 0.3 is 0 Å². The Hall–Kier alpha value is -3.09. The molecule has 0 atom stereocenters. The predicted molar refractivity (Wildman–Crippen MR) is 163 cm³/mol. The maximum Gasteiger partial charge on any atom is 0.127 e. The molecule has 5 nitrogen and oxygen atoms in total. The van der Waals surface area contributed by atoms with E-state index in [1.54, 1.807) is 12.3 Å². The first-order chi connectivity index (χ1) is 17.9.